The van der Waals surface area contributed by atoms with Gasteiger partial charge in [0.1, 0.15) is 0 Å². The molecule has 17 heavy (non-hydrogen) atoms. The van der Waals surface area contributed by atoms with E-state index in [2.05, 4.69) is 15.6 Å². The molecular formula is C12H17N3O2. The summed E-state index contributed by atoms with van der Waals surface area (Å²) < 4.78 is 0. The van der Waals surface area contributed by atoms with Crippen molar-refractivity contribution in [2.45, 2.75) is 25.3 Å². The zero-order chi connectivity index (χ0) is 12.1. The van der Waals surface area contributed by atoms with E-state index in [4.69, 9.17) is 0 Å². The van der Waals surface area contributed by atoms with Crippen molar-refractivity contribution >= 4 is 5.91 Å². The minimum Gasteiger partial charge on any atom is -0.352 e. The quantitative estimate of drug-likeness (QED) is 0.700. The standard InChI is InChI=1S/C12H17N3O2/c16-11-8-9(3-6-14-11)12(17)15-7-4-10-2-1-5-13-10/h3,6,8,10,13H,1-2,4-5,7H2,(H,14,16)(H,15,17)/t10-/m1/s1. The summed E-state index contributed by atoms with van der Waals surface area (Å²) in [6.07, 6.45) is 4.82. The molecule has 1 amide bonds. The Morgan fingerprint density at radius 1 is 1.53 bits per heavy atom. The van der Waals surface area contributed by atoms with Crippen molar-refractivity contribution in [3.05, 3.63) is 34.2 Å². The van der Waals surface area contributed by atoms with E-state index in [1.165, 1.54) is 25.1 Å². The molecule has 2 rings (SSSR count). The van der Waals surface area contributed by atoms with E-state index < -0.39 is 0 Å². The maximum absolute atomic E-state index is 11.7. The highest BCUT2D eigenvalue weighted by molar-refractivity contribution is 5.93. The lowest BCUT2D eigenvalue weighted by Crippen LogP contribution is -2.31. The molecule has 5 nitrogen and oxygen atoms in total. The number of hydrogen-bond donors (Lipinski definition) is 3. The normalized spacial score (nSPS) is 19.2. The van der Waals surface area contributed by atoms with Crippen molar-refractivity contribution in [1.29, 1.82) is 0 Å². The first kappa shape index (κ1) is 11.9. The molecule has 0 saturated carbocycles. The van der Waals surface area contributed by atoms with E-state index in [-0.39, 0.29) is 11.5 Å². The van der Waals surface area contributed by atoms with E-state index in [1.54, 1.807) is 6.07 Å². The van der Waals surface area contributed by atoms with Crippen LogP contribution in [-0.2, 0) is 0 Å². The summed E-state index contributed by atoms with van der Waals surface area (Å²) in [5, 5.41) is 6.19. The molecule has 0 aliphatic carbocycles. The van der Waals surface area contributed by atoms with Crippen LogP contribution < -0.4 is 16.2 Å². The van der Waals surface area contributed by atoms with Crippen LogP contribution in [0.15, 0.2) is 23.1 Å². The third-order valence-electron chi connectivity index (χ3n) is 2.98. The molecule has 92 valence electrons. The molecule has 1 fully saturated rings. The van der Waals surface area contributed by atoms with Gasteiger partial charge in [-0.3, -0.25) is 9.59 Å². The minimum absolute atomic E-state index is 0.186. The van der Waals surface area contributed by atoms with Gasteiger partial charge in [-0.2, -0.15) is 0 Å². The Morgan fingerprint density at radius 3 is 3.12 bits per heavy atom. The Morgan fingerprint density at radius 2 is 2.41 bits per heavy atom. The van der Waals surface area contributed by atoms with Crippen LogP contribution in [-0.4, -0.2) is 30.0 Å². The number of hydrogen-bond acceptors (Lipinski definition) is 3. The van der Waals surface area contributed by atoms with Gasteiger partial charge < -0.3 is 15.6 Å². The van der Waals surface area contributed by atoms with Gasteiger partial charge in [0.15, 0.2) is 0 Å². The monoisotopic (exact) mass is 235 g/mol. The van der Waals surface area contributed by atoms with E-state index in [0.29, 0.717) is 18.2 Å². The summed E-state index contributed by atoms with van der Waals surface area (Å²) >= 11 is 0. The van der Waals surface area contributed by atoms with Crippen LogP contribution in [0.2, 0.25) is 0 Å². The lowest BCUT2D eigenvalue weighted by Gasteiger charge is -2.10. The highest BCUT2D eigenvalue weighted by atomic mass is 16.2. The third-order valence-corrected chi connectivity index (χ3v) is 2.98. The van der Waals surface area contributed by atoms with Crippen molar-refractivity contribution in [1.82, 2.24) is 15.6 Å². The Balaban J connectivity index is 1.79. The van der Waals surface area contributed by atoms with E-state index in [0.717, 1.165) is 13.0 Å². The minimum atomic E-state index is -0.255. The highest BCUT2D eigenvalue weighted by Gasteiger charge is 2.13. The topological polar surface area (TPSA) is 74.0 Å². The van der Waals surface area contributed by atoms with Crippen LogP contribution in [0.1, 0.15) is 29.6 Å². The van der Waals surface area contributed by atoms with E-state index in [9.17, 15) is 9.59 Å². The summed E-state index contributed by atoms with van der Waals surface area (Å²) in [5.41, 5.74) is 0.156. The van der Waals surface area contributed by atoms with Crippen molar-refractivity contribution < 1.29 is 4.79 Å². The van der Waals surface area contributed by atoms with Crippen molar-refractivity contribution in [2.24, 2.45) is 0 Å². The largest absolute Gasteiger partial charge is 0.352 e. The first-order chi connectivity index (χ1) is 8.25. The molecule has 1 aromatic rings. The highest BCUT2D eigenvalue weighted by Crippen LogP contribution is 2.07. The first-order valence-electron chi connectivity index (χ1n) is 5.96. The van der Waals surface area contributed by atoms with Crippen molar-refractivity contribution in [2.75, 3.05) is 13.1 Å². The van der Waals surface area contributed by atoms with Crippen LogP contribution >= 0.6 is 0 Å². The molecular weight excluding hydrogens is 218 g/mol. The average molecular weight is 235 g/mol. The molecule has 0 aromatic carbocycles. The smallest absolute Gasteiger partial charge is 0.251 e. The molecule has 2 heterocycles. The number of H-pyrrole nitrogens is 1. The third kappa shape index (κ3) is 3.42. The van der Waals surface area contributed by atoms with Crippen LogP contribution in [0.25, 0.3) is 0 Å². The Labute approximate surface area is 99.6 Å². The zero-order valence-corrected chi connectivity index (χ0v) is 9.66. The lowest BCUT2D eigenvalue weighted by molar-refractivity contribution is 0.0952. The van der Waals surface area contributed by atoms with Gasteiger partial charge in [-0.25, -0.2) is 0 Å². The van der Waals surface area contributed by atoms with Gasteiger partial charge in [0.05, 0.1) is 0 Å². The maximum atomic E-state index is 11.7. The second-order valence-electron chi connectivity index (χ2n) is 4.28. The first-order valence-corrected chi connectivity index (χ1v) is 5.96. The van der Waals surface area contributed by atoms with Gasteiger partial charge in [0.25, 0.3) is 5.91 Å². The fourth-order valence-corrected chi connectivity index (χ4v) is 2.05. The molecule has 1 saturated heterocycles. The Hall–Kier alpha value is -1.62. The summed E-state index contributed by atoms with van der Waals surface area (Å²) in [6.45, 7) is 1.72. The van der Waals surface area contributed by atoms with Gasteiger partial charge in [-0.15, -0.1) is 0 Å². The molecule has 0 bridgehead atoms. The molecule has 0 spiro atoms. The second kappa shape index (κ2) is 5.63. The van der Waals surface area contributed by atoms with Gasteiger partial charge in [-0.1, -0.05) is 0 Å². The Kier molecular flexibility index (Phi) is 3.93. The summed E-state index contributed by atoms with van der Waals surface area (Å²) in [5.74, 6) is -0.186. The summed E-state index contributed by atoms with van der Waals surface area (Å²) in [4.78, 5) is 25.2. The number of nitrogens with one attached hydrogen (secondary N) is 3. The molecule has 5 heteroatoms. The fourth-order valence-electron chi connectivity index (χ4n) is 2.05. The number of aromatic nitrogens is 1. The van der Waals surface area contributed by atoms with Gasteiger partial charge >= 0.3 is 0 Å². The van der Waals surface area contributed by atoms with Gasteiger partial charge in [-0.05, 0) is 31.9 Å². The lowest BCUT2D eigenvalue weighted by atomic mass is 10.1. The number of amides is 1. The molecule has 1 atom stereocenters. The van der Waals surface area contributed by atoms with Crippen LogP contribution in [0.4, 0.5) is 0 Å². The molecule has 0 unspecified atom stereocenters. The number of rotatable bonds is 4. The predicted molar refractivity (Wildman–Crippen MR) is 65.0 cm³/mol. The number of carbonyl (C=O) groups is 1. The zero-order valence-electron chi connectivity index (χ0n) is 9.66. The molecule has 1 aliphatic rings. The van der Waals surface area contributed by atoms with Gasteiger partial charge in [0, 0.05) is 30.4 Å². The molecule has 1 aromatic heterocycles. The maximum Gasteiger partial charge on any atom is 0.251 e. The van der Waals surface area contributed by atoms with E-state index in [1.807, 2.05) is 0 Å². The number of pyridine rings is 1. The Bertz CT molecular complexity index is 435. The molecule has 3 N–H and O–H groups in total. The van der Waals surface area contributed by atoms with Crippen LogP contribution in [0.5, 0.6) is 0 Å². The SMILES string of the molecule is O=C(NCC[C@H]1CCCN1)c1cc[nH]c(=O)c1. The van der Waals surface area contributed by atoms with E-state index >= 15 is 0 Å². The summed E-state index contributed by atoms with van der Waals surface area (Å²) in [6, 6.07) is 3.43. The second-order valence-corrected chi connectivity index (χ2v) is 4.28. The predicted octanol–water partition coefficient (Wildman–Crippen LogP) is 0.247. The summed E-state index contributed by atoms with van der Waals surface area (Å²) in [7, 11) is 0. The molecule has 0 radical (unpaired) electrons. The van der Waals surface area contributed by atoms with Crippen LogP contribution in [0, 0.1) is 0 Å². The molecule has 1 aliphatic heterocycles. The van der Waals surface area contributed by atoms with Crippen LogP contribution in [0.3, 0.4) is 0 Å². The fraction of sp³-hybridized carbons (Fsp3) is 0.500. The van der Waals surface area contributed by atoms with Crippen molar-refractivity contribution in [3.8, 4) is 0 Å². The average Bonchev–Trinajstić information content (AvgIpc) is 2.82. The number of carbonyl (C=O) groups excluding carboxylic acids is 1. The van der Waals surface area contributed by atoms with Gasteiger partial charge in [0.2, 0.25) is 5.56 Å². The van der Waals surface area contributed by atoms with Crippen molar-refractivity contribution in [3.63, 3.8) is 0 Å². The number of aromatic amines is 1.